The molecule has 3 rings (SSSR count). The molecule has 19 heavy (non-hydrogen) atoms. The Morgan fingerprint density at radius 1 is 1.26 bits per heavy atom. The van der Waals surface area contributed by atoms with Crippen molar-refractivity contribution in [2.24, 2.45) is 0 Å². The summed E-state index contributed by atoms with van der Waals surface area (Å²) in [5, 5.41) is 0. The predicted octanol–water partition coefficient (Wildman–Crippen LogP) is 2.52. The lowest BCUT2D eigenvalue weighted by molar-refractivity contribution is 0.290. The Labute approximate surface area is 111 Å². The van der Waals surface area contributed by atoms with Gasteiger partial charge >= 0.3 is 6.01 Å². The summed E-state index contributed by atoms with van der Waals surface area (Å²) in [5.74, 6) is 1.59. The maximum absolute atomic E-state index is 5.75. The fourth-order valence-electron chi connectivity index (χ4n) is 2.19. The number of anilines is 1. The maximum atomic E-state index is 5.75. The molecule has 1 aliphatic heterocycles. The molecule has 0 amide bonds. The summed E-state index contributed by atoms with van der Waals surface area (Å²) in [7, 11) is 0. The van der Waals surface area contributed by atoms with Crippen LogP contribution < -0.4 is 15.2 Å². The summed E-state index contributed by atoms with van der Waals surface area (Å²) in [6, 6.07) is 6.02. The molecule has 0 spiro atoms. The lowest BCUT2D eigenvalue weighted by Gasteiger charge is -2.18. The molecule has 0 aliphatic carbocycles. The van der Waals surface area contributed by atoms with Crippen LogP contribution >= 0.6 is 0 Å². The molecule has 0 fully saturated rings. The van der Waals surface area contributed by atoms with Gasteiger partial charge in [0.2, 0.25) is 0 Å². The number of ether oxygens (including phenoxy) is 2. The lowest BCUT2D eigenvalue weighted by Crippen LogP contribution is -2.19. The first kappa shape index (κ1) is 11.8. The number of rotatable bonds is 2. The summed E-state index contributed by atoms with van der Waals surface area (Å²) in [5.41, 5.74) is 7.03. The molecule has 5 nitrogen and oxygen atoms in total. The van der Waals surface area contributed by atoms with Gasteiger partial charge in [-0.2, -0.15) is 0 Å². The van der Waals surface area contributed by atoms with Crippen LogP contribution in [0.1, 0.15) is 19.4 Å². The zero-order valence-electron chi connectivity index (χ0n) is 10.9. The number of nitrogens with zero attached hydrogens (tertiary/aromatic N) is 2. The lowest BCUT2D eigenvalue weighted by atomic mass is 9.86. The largest absolute Gasteiger partial charge is 0.492 e. The van der Waals surface area contributed by atoms with Crippen molar-refractivity contribution >= 4 is 5.69 Å². The van der Waals surface area contributed by atoms with Crippen LogP contribution in [0.4, 0.5) is 5.69 Å². The van der Waals surface area contributed by atoms with Gasteiger partial charge in [0.25, 0.3) is 0 Å². The van der Waals surface area contributed by atoms with E-state index in [0.717, 1.165) is 17.1 Å². The Kier molecular flexibility index (Phi) is 2.55. The first-order valence-electron chi connectivity index (χ1n) is 6.08. The SMILES string of the molecule is CC1(C)COc2cccc(Oc3ncc(N)cn3)c21. The summed E-state index contributed by atoms with van der Waals surface area (Å²) in [6.07, 6.45) is 3.04. The van der Waals surface area contributed by atoms with Gasteiger partial charge in [0, 0.05) is 11.0 Å². The number of nitrogen functional groups attached to an aromatic ring is 1. The maximum Gasteiger partial charge on any atom is 0.322 e. The molecule has 5 heteroatoms. The molecule has 0 saturated heterocycles. The molecule has 0 radical (unpaired) electrons. The van der Waals surface area contributed by atoms with Crippen molar-refractivity contribution in [1.29, 1.82) is 0 Å². The highest BCUT2D eigenvalue weighted by molar-refractivity contribution is 5.52. The number of fused-ring (bicyclic) bond motifs is 1. The van der Waals surface area contributed by atoms with Crippen molar-refractivity contribution in [3.05, 3.63) is 36.2 Å². The Morgan fingerprint density at radius 2 is 2.00 bits per heavy atom. The minimum absolute atomic E-state index is 0.0836. The van der Waals surface area contributed by atoms with Gasteiger partial charge in [-0.15, -0.1) is 0 Å². The number of aromatic nitrogens is 2. The molecule has 1 aliphatic rings. The third-order valence-electron chi connectivity index (χ3n) is 3.10. The Morgan fingerprint density at radius 3 is 2.74 bits per heavy atom. The highest BCUT2D eigenvalue weighted by atomic mass is 16.5. The minimum atomic E-state index is -0.0836. The number of benzene rings is 1. The standard InChI is InChI=1S/C14H15N3O2/c1-14(2)8-18-10-4-3-5-11(12(10)14)19-13-16-6-9(15)7-17-13/h3-7H,8,15H2,1-2H3. The number of nitrogens with two attached hydrogens (primary N) is 1. The number of hydrogen-bond donors (Lipinski definition) is 1. The van der Waals surface area contributed by atoms with Crippen molar-refractivity contribution < 1.29 is 9.47 Å². The zero-order chi connectivity index (χ0) is 13.5. The van der Waals surface area contributed by atoms with E-state index in [1.807, 2.05) is 18.2 Å². The molecule has 0 unspecified atom stereocenters. The number of hydrogen-bond acceptors (Lipinski definition) is 5. The van der Waals surface area contributed by atoms with Gasteiger partial charge in [0.05, 0.1) is 24.7 Å². The fourth-order valence-corrected chi connectivity index (χ4v) is 2.19. The van der Waals surface area contributed by atoms with E-state index in [9.17, 15) is 0 Å². The average molecular weight is 257 g/mol. The molecule has 1 aromatic heterocycles. The summed E-state index contributed by atoms with van der Waals surface area (Å²) in [4.78, 5) is 8.10. The van der Waals surface area contributed by atoms with Gasteiger partial charge < -0.3 is 15.2 Å². The van der Waals surface area contributed by atoms with Crippen molar-refractivity contribution in [3.63, 3.8) is 0 Å². The molecule has 0 saturated carbocycles. The quantitative estimate of drug-likeness (QED) is 0.895. The first-order chi connectivity index (χ1) is 9.06. The van der Waals surface area contributed by atoms with Crippen LogP contribution in [0.15, 0.2) is 30.6 Å². The van der Waals surface area contributed by atoms with Gasteiger partial charge in [-0.1, -0.05) is 19.9 Å². The van der Waals surface area contributed by atoms with E-state index in [0.29, 0.717) is 12.3 Å². The molecule has 0 bridgehead atoms. The Balaban J connectivity index is 1.99. The molecule has 2 aromatic rings. The average Bonchev–Trinajstić information content (AvgIpc) is 2.70. The van der Waals surface area contributed by atoms with E-state index < -0.39 is 0 Å². The molecule has 0 atom stereocenters. The van der Waals surface area contributed by atoms with E-state index in [4.69, 9.17) is 15.2 Å². The van der Waals surface area contributed by atoms with Gasteiger partial charge in [0.1, 0.15) is 11.5 Å². The molecule has 2 N–H and O–H groups in total. The van der Waals surface area contributed by atoms with Crippen molar-refractivity contribution in [2.45, 2.75) is 19.3 Å². The van der Waals surface area contributed by atoms with Gasteiger partial charge in [-0.25, -0.2) is 9.97 Å². The third-order valence-corrected chi connectivity index (χ3v) is 3.10. The highest BCUT2D eigenvalue weighted by Gasteiger charge is 2.35. The van der Waals surface area contributed by atoms with E-state index >= 15 is 0 Å². The van der Waals surface area contributed by atoms with Gasteiger partial charge in [0.15, 0.2) is 0 Å². The molecule has 98 valence electrons. The molecule has 1 aromatic carbocycles. The van der Waals surface area contributed by atoms with Crippen LogP contribution in [-0.2, 0) is 5.41 Å². The minimum Gasteiger partial charge on any atom is -0.492 e. The second-order valence-corrected chi connectivity index (χ2v) is 5.20. The van der Waals surface area contributed by atoms with Crippen LogP contribution in [0.3, 0.4) is 0 Å². The molecule has 2 heterocycles. The molecular weight excluding hydrogens is 242 g/mol. The third kappa shape index (κ3) is 2.07. The first-order valence-corrected chi connectivity index (χ1v) is 6.08. The summed E-state index contributed by atoms with van der Waals surface area (Å²) >= 11 is 0. The van der Waals surface area contributed by atoms with Gasteiger partial charge in [-0.05, 0) is 12.1 Å². The Bertz CT molecular complexity index is 609. The van der Waals surface area contributed by atoms with Crippen LogP contribution in [0.5, 0.6) is 17.5 Å². The van der Waals surface area contributed by atoms with Crippen LogP contribution in [0.25, 0.3) is 0 Å². The normalized spacial score (nSPS) is 15.7. The fraction of sp³-hybridized carbons (Fsp3) is 0.286. The topological polar surface area (TPSA) is 70.3 Å². The smallest absolute Gasteiger partial charge is 0.322 e. The predicted molar refractivity (Wildman–Crippen MR) is 71.5 cm³/mol. The van der Waals surface area contributed by atoms with Crippen LogP contribution in [0.2, 0.25) is 0 Å². The summed E-state index contributed by atoms with van der Waals surface area (Å²) in [6.45, 7) is 4.89. The molecular formula is C14H15N3O2. The second kappa shape index (κ2) is 4.12. The summed E-state index contributed by atoms with van der Waals surface area (Å²) < 4.78 is 11.4. The van der Waals surface area contributed by atoms with Crippen LogP contribution in [-0.4, -0.2) is 16.6 Å². The van der Waals surface area contributed by atoms with E-state index in [1.165, 1.54) is 12.4 Å². The monoisotopic (exact) mass is 257 g/mol. The highest BCUT2D eigenvalue weighted by Crippen LogP contribution is 2.44. The van der Waals surface area contributed by atoms with E-state index in [-0.39, 0.29) is 11.4 Å². The second-order valence-electron chi connectivity index (χ2n) is 5.20. The van der Waals surface area contributed by atoms with Crippen LogP contribution in [0, 0.1) is 0 Å². The Hall–Kier alpha value is -2.30. The zero-order valence-corrected chi connectivity index (χ0v) is 10.9. The van der Waals surface area contributed by atoms with Crippen molar-refractivity contribution in [3.8, 4) is 17.5 Å². The van der Waals surface area contributed by atoms with Gasteiger partial charge in [-0.3, -0.25) is 0 Å². The van der Waals surface area contributed by atoms with E-state index in [2.05, 4.69) is 23.8 Å². The van der Waals surface area contributed by atoms with Crippen molar-refractivity contribution in [1.82, 2.24) is 9.97 Å². The van der Waals surface area contributed by atoms with E-state index in [1.54, 1.807) is 0 Å². The van der Waals surface area contributed by atoms with Crippen molar-refractivity contribution in [2.75, 3.05) is 12.3 Å².